The van der Waals surface area contributed by atoms with Gasteiger partial charge in [0, 0.05) is 12.8 Å². The van der Waals surface area contributed by atoms with Gasteiger partial charge in [-0.15, -0.1) is 0 Å². The van der Waals surface area contributed by atoms with Crippen molar-refractivity contribution in [3.63, 3.8) is 0 Å². The van der Waals surface area contributed by atoms with Crippen LogP contribution in [0.2, 0.25) is 0 Å². The molecule has 0 heterocycles. The fourth-order valence-electron chi connectivity index (χ4n) is 4.98. The number of hydrogen-bond acceptors (Lipinski definition) is 7. The molecule has 0 radical (unpaired) electrons. The van der Waals surface area contributed by atoms with Crippen LogP contribution in [0, 0.1) is 0 Å². The first kappa shape index (κ1) is 51.5. The number of nitrogens with zero attached hydrogens (tertiary/aromatic N) is 1. The Bertz CT molecular complexity index is 1150. The zero-order chi connectivity index (χ0) is 40.0. The summed E-state index contributed by atoms with van der Waals surface area (Å²) >= 11 is 0. The maximum absolute atomic E-state index is 12.6. The molecule has 9 nitrogen and oxygen atoms in total. The van der Waals surface area contributed by atoms with Crippen LogP contribution in [0.1, 0.15) is 142 Å². The van der Waals surface area contributed by atoms with Crippen LogP contribution in [0.25, 0.3) is 0 Å². The molecule has 0 aromatic rings. The Labute approximate surface area is 329 Å². The maximum Gasteiger partial charge on any atom is 0.472 e. The van der Waals surface area contributed by atoms with E-state index in [1.54, 1.807) is 0 Å². The van der Waals surface area contributed by atoms with Crippen molar-refractivity contribution >= 4 is 19.8 Å². The van der Waals surface area contributed by atoms with Crippen molar-refractivity contribution in [3.05, 3.63) is 72.9 Å². The normalized spacial score (nSPS) is 14.4. The summed E-state index contributed by atoms with van der Waals surface area (Å²) in [5, 5.41) is 0. The summed E-state index contributed by atoms with van der Waals surface area (Å²) < 4.78 is 34.1. The molecule has 0 aliphatic rings. The minimum Gasteiger partial charge on any atom is -0.462 e. The SMILES string of the molecule is CC/C=C\C/C=C\C/C=C\C/C=C\C/C=C\CCCC(=O)OC[C@H](COP(=O)(O)OCC[N+](C)(C)C)OC(=O)CCCCCCC/C=C\CCCCCC. The highest BCUT2D eigenvalue weighted by molar-refractivity contribution is 7.47. The van der Waals surface area contributed by atoms with Crippen molar-refractivity contribution < 1.29 is 42.1 Å². The predicted molar refractivity (Wildman–Crippen MR) is 224 cm³/mol. The zero-order valence-corrected chi connectivity index (χ0v) is 35.6. The van der Waals surface area contributed by atoms with Crippen molar-refractivity contribution in [1.82, 2.24) is 0 Å². The van der Waals surface area contributed by atoms with Gasteiger partial charge in [-0.1, -0.05) is 125 Å². The molecule has 0 aromatic carbocycles. The van der Waals surface area contributed by atoms with Crippen LogP contribution in [0.3, 0.4) is 0 Å². The van der Waals surface area contributed by atoms with Crippen LogP contribution < -0.4 is 0 Å². The average molecular weight is 779 g/mol. The molecule has 0 aliphatic carbocycles. The highest BCUT2D eigenvalue weighted by atomic mass is 31.2. The largest absolute Gasteiger partial charge is 0.472 e. The van der Waals surface area contributed by atoms with Crippen molar-refractivity contribution in [2.75, 3.05) is 47.5 Å². The summed E-state index contributed by atoms with van der Waals surface area (Å²) in [6.07, 6.45) is 43.8. The fraction of sp³-hybridized carbons (Fsp3) is 0.682. The number of phosphoric acid groups is 1. The number of allylic oxidation sites excluding steroid dienone is 12. The molecule has 10 heteroatoms. The van der Waals surface area contributed by atoms with Gasteiger partial charge in [-0.3, -0.25) is 18.6 Å². The van der Waals surface area contributed by atoms with Gasteiger partial charge in [0.1, 0.15) is 19.8 Å². The maximum atomic E-state index is 12.6. The van der Waals surface area contributed by atoms with Gasteiger partial charge in [0.2, 0.25) is 0 Å². The fourth-order valence-corrected chi connectivity index (χ4v) is 5.72. The van der Waals surface area contributed by atoms with E-state index in [0.29, 0.717) is 23.9 Å². The lowest BCUT2D eigenvalue weighted by Gasteiger charge is -2.24. The third kappa shape index (κ3) is 39.2. The summed E-state index contributed by atoms with van der Waals surface area (Å²) in [6.45, 7) is 4.19. The second-order valence-electron chi connectivity index (χ2n) is 14.6. The summed E-state index contributed by atoms with van der Waals surface area (Å²) in [5.41, 5.74) is 0. The topological polar surface area (TPSA) is 108 Å². The molecule has 310 valence electrons. The zero-order valence-electron chi connectivity index (χ0n) is 34.7. The van der Waals surface area contributed by atoms with Gasteiger partial charge < -0.3 is 18.9 Å². The van der Waals surface area contributed by atoms with Crippen LogP contribution in [0.15, 0.2) is 72.9 Å². The van der Waals surface area contributed by atoms with E-state index in [1.165, 1.54) is 32.1 Å². The smallest absolute Gasteiger partial charge is 0.462 e. The van der Waals surface area contributed by atoms with Gasteiger partial charge in [0.05, 0.1) is 27.7 Å². The second kappa shape index (κ2) is 36.1. The highest BCUT2D eigenvalue weighted by Gasteiger charge is 2.27. The standard InChI is InChI=1S/C44H76NO8P/c1-6-8-10-12-14-16-18-20-21-22-23-25-26-28-30-32-34-36-43(46)50-40-42(41-52-54(48,49)51-39-38-45(3,4)5)53-44(47)37-35-33-31-29-27-24-19-17-15-13-11-9-7-2/h8,10,14,16-17,19-21,23,25,28,30,42H,6-7,9,11-13,15,18,22,24,26-27,29,31-41H2,1-5H3/p+1/b10-8-,16-14-,19-17-,21-20-,25-23-,30-28-/t42-/m1/s1. The van der Waals surface area contributed by atoms with Crippen LogP contribution in [0.4, 0.5) is 0 Å². The van der Waals surface area contributed by atoms with Crippen molar-refractivity contribution in [2.24, 2.45) is 0 Å². The molecule has 0 aliphatic heterocycles. The third-order valence-corrected chi connectivity index (χ3v) is 9.20. The monoisotopic (exact) mass is 779 g/mol. The predicted octanol–water partition coefficient (Wildman–Crippen LogP) is 11.5. The molecule has 2 atom stereocenters. The lowest BCUT2D eigenvalue weighted by atomic mass is 10.1. The Morgan fingerprint density at radius 3 is 1.65 bits per heavy atom. The molecule has 0 saturated carbocycles. The number of carbonyl (C=O) groups is 2. The molecule has 0 amide bonds. The molecule has 0 rings (SSSR count). The van der Waals surface area contributed by atoms with E-state index in [4.69, 9.17) is 18.5 Å². The summed E-state index contributed by atoms with van der Waals surface area (Å²) in [4.78, 5) is 35.2. The van der Waals surface area contributed by atoms with E-state index in [-0.39, 0.29) is 26.1 Å². The van der Waals surface area contributed by atoms with Gasteiger partial charge in [0.25, 0.3) is 0 Å². The van der Waals surface area contributed by atoms with E-state index in [9.17, 15) is 19.0 Å². The van der Waals surface area contributed by atoms with Crippen LogP contribution in [-0.2, 0) is 32.7 Å². The van der Waals surface area contributed by atoms with Gasteiger partial charge >= 0.3 is 19.8 Å². The number of carbonyl (C=O) groups excluding carboxylic acids is 2. The molecule has 0 spiro atoms. The summed E-state index contributed by atoms with van der Waals surface area (Å²) in [6, 6.07) is 0. The quantitative estimate of drug-likeness (QED) is 0.0220. The lowest BCUT2D eigenvalue weighted by Crippen LogP contribution is -2.37. The molecule has 1 unspecified atom stereocenters. The number of rotatable bonds is 36. The van der Waals surface area contributed by atoms with Crippen LogP contribution >= 0.6 is 7.82 Å². The van der Waals surface area contributed by atoms with Crippen molar-refractivity contribution in [3.8, 4) is 0 Å². The molecule has 0 aromatic heterocycles. The second-order valence-corrected chi connectivity index (χ2v) is 16.1. The number of likely N-dealkylation sites (N-methyl/N-ethyl adjacent to an activating group) is 1. The molecule has 0 fully saturated rings. The Balaban J connectivity index is 4.52. The summed E-state index contributed by atoms with van der Waals surface area (Å²) in [5.74, 6) is -0.885. The molecule has 0 bridgehead atoms. The Hall–Kier alpha value is -2.55. The van der Waals surface area contributed by atoms with Gasteiger partial charge in [-0.25, -0.2) is 4.57 Å². The summed E-state index contributed by atoms with van der Waals surface area (Å²) in [7, 11) is 1.43. The Morgan fingerprint density at radius 2 is 1.07 bits per heavy atom. The number of ether oxygens (including phenoxy) is 2. The van der Waals surface area contributed by atoms with Crippen molar-refractivity contribution in [1.29, 1.82) is 0 Å². The van der Waals surface area contributed by atoms with Crippen LogP contribution in [0.5, 0.6) is 0 Å². The van der Waals surface area contributed by atoms with Gasteiger partial charge in [-0.05, 0) is 77.0 Å². The minimum absolute atomic E-state index is 0.0178. The first-order valence-corrected chi connectivity index (χ1v) is 22.2. The number of hydrogen-bond donors (Lipinski definition) is 1. The average Bonchev–Trinajstić information content (AvgIpc) is 3.12. The van der Waals surface area contributed by atoms with Crippen molar-refractivity contribution in [2.45, 2.75) is 148 Å². The number of phosphoric ester groups is 1. The Morgan fingerprint density at radius 1 is 0.593 bits per heavy atom. The van der Waals surface area contributed by atoms with Crippen LogP contribution in [-0.4, -0.2) is 74.9 Å². The number of unbranched alkanes of at least 4 members (excludes halogenated alkanes) is 10. The van der Waals surface area contributed by atoms with E-state index < -0.39 is 32.5 Å². The number of esters is 2. The molecule has 1 N–H and O–H groups in total. The number of quaternary nitrogens is 1. The van der Waals surface area contributed by atoms with Gasteiger partial charge in [0.15, 0.2) is 6.10 Å². The molecular weight excluding hydrogens is 701 g/mol. The third-order valence-electron chi connectivity index (χ3n) is 8.22. The molecular formula is C44H77NO8P+. The first-order valence-electron chi connectivity index (χ1n) is 20.7. The highest BCUT2D eigenvalue weighted by Crippen LogP contribution is 2.43. The minimum atomic E-state index is -4.39. The van der Waals surface area contributed by atoms with E-state index in [0.717, 1.165) is 70.6 Å². The Kier molecular flexibility index (Phi) is 34.4. The molecule has 0 saturated heterocycles. The van der Waals surface area contributed by atoms with E-state index in [2.05, 4.69) is 86.8 Å². The first-order chi connectivity index (χ1) is 26.0. The van der Waals surface area contributed by atoms with E-state index in [1.807, 2.05) is 21.1 Å². The van der Waals surface area contributed by atoms with Gasteiger partial charge in [-0.2, -0.15) is 0 Å². The lowest BCUT2D eigenvalue weighted by molar-refractivity contribution is -0.870. The van der Waals surface area contributed by atoms with E-state index >= 15 is 0 Å². The molecule has 54 heavy (non-hydrogen) atoms.